The van der Waals surface area contributed by atoms with Gasteiger partial charge >= 0.3 is 11.7 Å². The molecule has 0 unspecified atom stereocenters. The van der Waals surface area contributed by atoms with Crippen molar-refractivity contribution < 1.29 is 33.5 Å². The summed E-state index contributed by atoms with van der Waals surface area (Å²) in [5.41, 5.74) is 2.96. The molecule has 3 aromatic rings. The van der Waals surface area contributed by atoms with Crippen LogP contribution in [0, 0.1) is 10.1 Å². The maximum absolute atomic E-state index is 12.6. The van der Waals surface area contributed by atoms with E-state index in [1.807, 2.05) is 6.92 Å². The molecule has 0 atom stereocenters. The van der Waals surface area contributed by atoms with Crippen LogP contribution in [0.25, 0.3) is 0 Å². The topological polar surface area (TPSA) is 139 Å². The molecular formula is C27H27N3O8. The van der Waals surface area contributed by atoms with Gasteiger partial charge in [-0.25, -0.2) is 10.2 Å². The lowest BCUT2D eigenvalue weighted by Crippen LogP contribution is -2.24. The highest BCUT2D eigenvalue weighted by Gasteiger charge is 2.15. The molecule has 0 saturated heterocycles. The van der Waals surface area contributed by atoms with Crippen molar-refractivity contribution in [1.29, 1.82) is 0 Å². The number of hydrogen-bond acceptors (Lipinski definition) is 9. The van der Waals surface area contributed by atoms with E-state index in [1.54, 1.807) is 55.5 Å². The Morgan fingerprint density at radius 3 is 2.42 bits per heavy atom. The summed E-state index contributed by atoms with van der Waals surface area (Å²) in [6, 6.07) is 17.2. The summed E-state index contributed by atoms with van der Waals surface area (Å²) in [6.45, 7) is 4.25. The molecule has 11 heteroatoms. The number of nitrogens with one attached hydrogen (secondary N) is 1. The maximum Gasteiger partial charge on any atom is 0.343 e. The molecule has 38 heavy (non-hydrogen) atoms. The van der Waals surface area contributed by atoms with Crippen LogP contribution in [-0.2, 0) is 4.79 Å². The number of rotatable bonds is 13. The van der Waals surface area contributed by atoms with Gasteiger partial charge in [0.25, 0.3) is 5.91 Å². The van der Waals surface area contributed by atoms with Gasteiger partial charge < -0.3 is 18.9 Å². The van der Waals surface area contributed by atoms with Crippen LogP contribution in [0.3, 0.4) is 0 Å². The molecule has 0 aliphatic carbocycles. The summed E-state index contributed by atoms with van der Waals surface area (Å²) >= 11 is 0. The molecule has 198 valence electrons. The number of para-hydroxylation sites is 2. The number of carbonyl (C=O) groups excluding carboxylic acids is 2. The molecule has 0 bridgehead atoms. The standard InChI is InChI=1S/C27H27N3O8/c1-3-15-36-21-12-10-20(11-13-21)27(32)38-24-14-9-19(16-25(24)35-4-2)17-28-29-26(31)18-37-23-8-6-5-7-22(23)30(33)34/h5-14,16-17H,3-4,15,18H2,1-2H3,(H,29,31)/b28-17+. The van der Waals surface area contributed by atoms with Crippen molar-refractivity contribution >= 4 is 23.8 Å². The third-order valence-corrected chi connectivity index (χ3v) is 4.86. The summed E-state index contributed by atoms with van der Waals surface area (Å²) in [4.78, 5) is 35.1. The Morgan fingerprint density at radius 1 is 0.947 bits per heavy atom. The lowest BCUT2D eigenvalue weighted by molar-refractivity contribution is -0.385. The van der Waals surface area contributed by atoms with Crippen LogP contribution in [-0.4, -0.2) is 42.8 Å². The van der Waals surface area contributed by atoms with Gasteiger partial charge in [0.05, 0.1) is 29.9 Å². The Morgan fingerprint density at radius 2 is 1.71 bits per heavy atom. The van der Waals surface area contributed by atoms with Crippen molar-refractivity contribution in [2.75, 3.05) is 19.8 Å². The minimum atomic E-state index is -0.610. The predicted molar refractivity (Wildman–Crippen MR) is 139 cm³/mol. The SMILES string of the molecule is CCCOc1ccc(C(=O)Oc2ccc(/C=N/NC(=O)COc3ccccc3[N+](=O)[O-])cc2OCC)cc1. The summed E-state index contributed by atoms with van der Waals surface area (Å²) < 4.78 is 21.9. The van der Waals surface area contributed by atoms with Gasteiger partial charge in [0.2, 0.25) is 0 Å². The molecule has 0 fully saturated rings. The van der Waals surface area contributed by atoms with E-state index < -0.39 is 23.4 Å². The van der Waals surface area contributed by atoms with Crippen LogP contribution >= 0.6 is 0 Å². The van der Waals surface area contributed by atoms with E-state index >= 15 is 0 Å². The van der Waals surface area contributed by atoms with Crippen LogP contribution < -0.4 is 24.4 Å². The van der Waals surface area contributed by atoms with Gasteiger partial charge in [-0.05, 0) is 67.4 Å². The first-order valence-corrected chi connectivity index (χ1v) is 11.8. The number of nitro groups is 1. The van der Waals surface area contributed by atoms with Crippen LogP contribution in [0.2, 0.25) is 0 Å². The lowest BCUT2D eigenvalue weighted by Gasteiger charge is -2.12. The van der Waals surface area contributed by atoms with Gasteiger partial charge in [0.1, 0.15) is 5.75 Å². The van der Waals surface area contributed by atoms with E-state index in [2.05, 4.69) is 10.5 Å². The van der Waals surface area contributed by atoms with Crippen molar-refractivity contribution in [2.24, 2.45) is 5.10 Å². The minimum absolute atomic E-state index is 0.0242. The number of esters is 1. The molecule has 3 aromatic carbocycles. The monoisotopic (exact) mass is 521 g/mol. The van der Waals surface area contributed by atoms with Crippen molar-refractivity contribution in [1.82, 2.24) is 5.43 Å². The maximum atomic E-state index is 12.6. The van der Waals surface area contributed by atoms with Crippen molar-refractivity contribution in [3.8, 4) is 23.0 Å². The highest BCUT2D eigenvalue weighted by molar-refractivity contribution is 5.92. The van der Waals surface area contributed by atoms with Crippen LogP contribution in [0.1, 0.15) is 36.2 Å². The van der Waals surface area contributed by atoms with E-state index in [1.165, 1.54) is 24.4 Å². The van der Waals surface area contributed by atoms with E-state index in [-0.39, 0.29) is 17.2 Å². The zero-order valence-electron chi connectivity index (χ0n) is 20.9. The van der Waals surface area contributed by atoms with Gasteiger partial charge in [-0.3, -0.25) is 14.9 Å². The normalized spacial score (nSPS) is 10.6. The Bertz CT molecular complexity index is 1290. The van der Waals surface area contributed by atoms with Crippen LogP contribution in [0.15, 0.2) is 71.8 Å². The molecule has 1 N–H and O–H groups in total. The van der Waals surface area contributed by atoms with Gasteiger partial charge in [0, 0.05) is 6.07 Å². The number of ether oxygens (including phenoxy) is 4. The Balaban J connectivity index is 1.59. The second-order valence-electron chi connectivity index (χ2n) is 7.71. The summed E-state index contributed by atoms with van der Waals surface area (Å²) in [5, 5.41) is 14.9. The first-order valence-electron chi connectivity index (χ1n) is 11.8. The minimum Gasteiger partial charge on any atom is -0.494 e. The van der Waals surface area contributed by atoms with E-state index in [0.29, 0.717) is 35.8 Å². The highest BCUT2D eigenvalue weighted by Crippen LogP contribution is 2.29. The first kappa shape index (κ1) is 27.7. The average molecular weight is 522 g/mol. The number of hydrazone groups is 1. The number of carbonyl (C=O) groups is 2. The third-order valence-electron chi connectivity index (χ3n) is 4.86. The summed E-state index contributed by atoms with van der Waals surface area (Å²) in [5.74, 6) is 0.0216. The molecule has 0 radical (unpaired) electrons. The predicted octanol–water partition coefficient (Wildman–Crippen LogP) is 4.53. The molecule has 0 aliphatic heterocycles. The number of amides is 1. The fourth-order valence-corrected chi connectivity index (χ4v) is 3.11. The van der Waals surface area contributed by atoms with E-state index in [0.717, 1.165) is 6.42 Å². The van der Waals surface area contributed by atoms with Gasteiger partial charge in [-0.2, -0.15) is 5.10 Å². The molecule has 11 nitrogen and oxygen atoms in total. The Hall–Kier alpha value is -4.93. The fraction of sp³-hybridized carbons (Fsp3) is 0.222. The zero-order chi connectivity index (χ0) is 27.3. The molecule has 0 heterocycles. The lowest BCUT2D eigenvalue weighted by atomic mass is 10.2. The molecule has 0 spiro atoms. The molecule has 3 rings (SSSR count). The van der Waals surface area contributed by atoms with Crippen molar-refractivity contribution in [2.45, 2.75) is 20.3 Å². The van der Waals surface area contributed by atoms with E-state index in [4.69, 9.17) is 18.9 Å². The van der Waals surface area contributed by atoms with Gasteiger partial charge in [-0.1, -0.05) is 19.1 Å². The number of nitrogens with zero attached hydrogens (tertiary/aromatic N) is 2. The van der Waals surface area contributed by atoms with Gasteiger partial charge in [-0.15, -0.1) is 0 Å². The third kappa shape index (κ3) is 8.05. The molecular weight excluding hydrogens is 494 g/mol. The van der Waals surface area contributed by atoms with Crippen molar-refractivity contribution in [3.63, 3.8) is 0 Å². The Labute approximate surface area is 219 Å². The second-order valence-corrected chi connectivity index (χ2v) is 7.71. The van der Waals surface area contributed by atoms with E-state index in [9.17, 15) is 19.7 Å². The molecule has 0 aliphatic rings. The van der Waals surface area contributed by atoms with Crippen LogP contribution in [0.4, 0.5) is 5.69 Å². The fourth-order valence-electron chi connectivity index (χ4n) is 3.11. The second kappa shape index (κ2) is 14.0. The van der Waals surface area contributed by atoms with Crippen LogP contribution in [0.5, 0.6) is 23.0 Å². The van der Waals surface area contributed by atoms with Gasteiger partial charge in [0.15, 0.2) is 23.9 Å². The highest BCUT2D eigenvalue weighted by atomic mass is 16.6. The quantitative estimate of drug-likeness (QED) is 0.114. The number of benzene rings is 3. The van der Waals surface area contributed by atoms with Crippen molar-refractivity contribution in [3.05, 3.63) is 88.0 Å². The average Bonchev–Trinajstić information content (AvgIpc) is 2.92. The molecule has 1 amide bonds. The smallest absolute Gasteiger partial charge is 0.343 e. The molecule has 0 aromatic heterocycles. The molecule has 0 saturated carbocycles. The Kier molecular flexibility index (Phi) is 10.2. The zero-order valence-corrected chi connectivity index (χ0v) is 20.9. The first-order chi connectivity index (χ1) is 18.4. The summed E-state index contributed by atoms with van der Waals surface area (Å²) in [6.07, 6.45) is 2.25. The largest absolute Gasteiger partial charge is 0.494 e. The number of hydrogen-bond donors (Lipinski definition) is 1. The number of nitro benzene ring substituents is 1. The summed E-state index contributed by atoms with van der Waals surface area (Å²) in [7, 11) is 0.